The maximum absolute atomic E-state index is 8.82. The molecular weight excluding hydrogens is 200 g/mol. The number of hydrogen-bond donors (Lipinski definition) is 2. The monoisotopic (exact) mass is 218 g/mol. The fourth-order valence-corrected chi connectivity index (χ4v) is 2.14. The third-order valence-electron chi connectivity index (χ3n) is 3.00. The lowest BCUT2D eigenvalue weighted by atomic mass is 10.0. The van der Waals surface area contributed by atoms with Gasteiger partial charge in [-0.1, -0.05) is 18.2 Å². The molecule has 86 valence electrons. The van der Waals surface area contributed by atoms with Gasteiger partial charge in [-0.3, -0.25) is 0 Å². The van der Waals surface area contributed by atoms with Crippen molar-refractivity contribution < 1.29 is 5.11 Å². The molecule has 1 heterocycles. The van der Waals surface area contributed by atoms with Crippen LogP contribution in [0.25, 0.3) is 10.9 Å². The lowest BCUT2D eigenvalue weighted by Gasteiger charge is -2.09. The largest absolute Gasteiger partial charge is 0.396 e. The summed E-state index contributed by atoms with van der Waals surface area (Å²) in [6.45, 7) is 0.207. The number of fused-ring (bicyclic) bond motifs is 1. The van der Waals surface area contributed by atoms with Crippen LogP contribution in [0.3, 0.4) is 0 Å². The van der Waals surface area contributed by atoms with Crippen LogP contribution in [0, 0.1) is 0 Å². The van der Waals surface area contributed by atoms with Gasteiger partial charge in [-0.15, -0.1) is 0 Å². The average molecular weight is 218 g/mol. The van der Waals surface area contributed by atoms with Gasteiger partial charge in [-0.25, -0.2) is 0 Å². The van der Waals surface area contributed by atoms with Crippen LogP contribution < -0.4 is 5.73 Å². The Labute approximate surface area is 95.5 Å². The van der Waals surface area contributed by atoms with Crippen LogP contribution in [0.2, 0.25) is 0 Å². The van der Waals surface area contributed by atoms with E-state index in [0.717, 1.165) is 12.8 Å². The highest BCUT2D eigenvalue weighted by molar-refractivity contribution is 5.84. The van der Waals surface area contributed by atoms with Gasteiger partial charge in [0.2, 0.25) is 0 Å². The van der Waals surface area contributed by atoms with E-state index in [0.29, 0.717) is 0 Å². The van der Waals surface area contributed by atoms with Crippen molar-refractivity contribution in [2.24, 2.45) is 12.8 Å². The summed E-state index contributed by atoms with van der Waals surface area (Å²) >= 11 is 0. The molecule has 0 aliphatic rings. The van der Waals surface area contributed by atoms with Gasteiger partial charge < -0.3 is 15.4 Å². The van der Waals surface area contributed by atoms with Crippen molar-refractivity contribution in [3.63, 3.8) is 0 Å². The van der Waals surface area contributed by atoms with Crippen molar-refractivity contribution in [1.29, 1.82) is 0 Å². The minimum absolute atomic E-state index is 0.0123. The first kappa shape index (κ1) is 11.2. The summed E-state index contributed by atoms with van der Waals surface area (Å²) in [5.41, 5.74) is 8.51. The maximum Gasteiger partial charge on any atom is 0.0481 e. The molecule has 2 aromatic rings. The van der Waals surface area contributed by atoms with Crippen molar-refractivity contribution in [3.8, 4) is 0 Å². The second-order valence-corrected chi connectivity index (χ2v) is 4.18. The molecule has 0 amide bonds. The molecular formula is C13H18N2O. The molecule has 0 aliphatic heterocycles. The number of benzene rings is 1. The first-order chi connectivity index (χ1) is 7.74. The molecule has 3 N–H and O–H groups in total. The lowest BCUT2D eigenvalue weighted by molar-refractivity contribution is 0.280. The number of nitrogens with two attached hydrogens (primary N) is 1. The zero-order valence-electron chi connectivity index (χ0n) is 9.56. The van der Waals surface area contributed by atoms with Crippen molar-refractivity contribution in [2.75, 3.05) is 6.61 Å². The van der Waals surface area contributed by atoms with E-state index in [-0.39, 0.29) is 12.6 Å². The predicted octanol–water partition coefficient (Wildman–Crippen LogP) is 1.95. The first-order valence-corrected chi connectivity index (χ1v) is 5.64. The number of nitrogens with zero attached hydrogens (tertiary/aromatic N) is 1. The van der Waals surface area contributed by atoms with Crippen LogP contribution in [-0.2, 0) is 7.05 Å². The van der Waals surface area contributed by atoms with Crippen molar-refractivity contribution in [3.05, 3.63) is 36.0 Å². The Balaban J connectivity index is 2.37. The molecule has 0 saturated heterocycles. The molecule has 0 aliphatic carbocycles. The van der Waals surface area contributed by atoms with Crippen molar-refractivity contribution in [1.82, 2.24) is 4.57 Å². The van der Waals surface area contributed by atoms with E-state index in [2.05, 4.69) is 22.9 Å². The minimum Gasteiger partial charge on any atom is -0.396 e. The van der Waals surface area contributed by atoms with Crippen LogP contribution >= 0.6 is 0 Å². The standard InChI is InChI=1S/C13H18N2O/c1-15-9-11(12(14)6-4-8-16)10-5-2-3-7-13(10)15/h2-3,5,7,9,12,16H,4,6,8,14H2,1H3. The number of hydrogen-bond acceptors (Lipinski definition) is 2. The van der Waals surface area contributed by atoms with E-state index in [1.54, 1.807) is 0 Å². The average Bonchev–Trinajstić information content (AvgIpc) is 2.65. The summed E-state index contributed by atoms with van der Waals surface area (Å²) < 4.78 is 2.10. The van der Waals surface area contributed by atoms with E-state index in [1.807, 2.05) is 19.2 Å². The third kappa shape index (κ3) is 1.96. The number of aliphatic hydroxyl groups excluding tert-OH is 1. The first-order valence-electron chi connectivity index (χ1n) is 5.64. The summed E-state index contributed by atoms with van der Waals surface area (Å²) in [6, 6.07) is 8.27. The predicted molar refractivity (Wildman–Crippen MR) is 66.2 cm³/mol. The fourth-order valence-electron chi connectivity index (χ4n) is 2.14. The summed E-state index contributed by atoms with van der Waals surface area (Å²) in [6.07, 6.45) is 3.67. The smallest absolute Gasteiger partial charge is 0.0481 e. The lowest BCUT2D eigenvalue weighted by Crippen LogP contribution is -2.10. The molecule has 3 heteroatoms. The molecule has 2 rings (SSSR count). The van der Waals surface area contributed by atoms with Crippen LogP contribution in [0.15, 0.2) is 30.5 Å². The maximum atomic E-state index is 8.82. The Morgan fingerprint density at radius 3 is 2.88 bits per heavy atom. The molecule has 1 atom stereocenters. The second kappa shape index (κ2) is 4.68. The molecule has 0 radical (unpaired) electrons. The number of aliphatic hydroxyl groups is 1. The molecule has 16 heavy (non-hydrogen) atoms. The van der Waals surface area contributed by atoms with Crippen LogP contribution in [0.1, 0.15) is 24.4 Å². The van der Waals surface area contributed by atoms with Gasteiger partial charge in [-0.2, -0.15) is 0 Å². The second-order valence-electron chi connectivity index (χ2n) is 4.18. The molecule has 0 spiro atoms. The Morgan fingerprint density at radius 2 is 2.12 bits per heavy atom. The SMILES string of the molecule is Cn1cc(C(N)CCCO)c2ccccc21. The van der Waals surface area contributed by atoms with Gasteiger partial charge in [-0.05, 0) is 24.5 Å². The van der Waals surface area contributed by atoms with Gasteiger partial charge in [0.25, 0.3) is 0 Å². The van der Waals surface area contributed by atoms with Crippen LogP contribution in [-0.4, -0.2) is 16.3 Å². The highest BCUT2D eigenvalue weighted by atomic mass is 16.2. The number of para-hydroxylation sites is 1. The van der Waals surface area contributed by atoms with Crippen LogP contribution in [0.5, 0.6) is 0 Å². The quantitative estimate of drug-likeness (QED) is 0.824. The van der Waals surface area contributed by atoms with Gasteiger partial charge in [0.1, 0.15) is 0 Å². The molecule has 0 fully saturated rings. The van der Waals surface area contributed by atoms with Gasteiger partial charge in [0.15, 0.2) is 0 Å². The molecule has 0 saturated carbocycles. The molecule has 0 bridgehead atoms. The Morgan fingerprint density at radius 1 is 1.38 bits per heavy atom. The summed E-state index contributed by atoms with van der Waals surface area (Å²) in [5.74, 6) is 0. The van der Waals surface area contributed by atoms with Gasteiger partial charge >= 0.3 is 0 Å². The fraction of sp³-hybridized carbons (Fsp3) is 0.385. The topological polar surface area (TPSA) is 51.2 Å². The van der Waals surface area contributed by atoms with Gasteiger partial charge in [0, 0.05) is 36.8 Å². The van der Waals surface area contributed by atoms with Crippen LogP contribution in [0.4, 0.5) is 0 Å². The highest BCUT2D eigenvalue weighted by Gasteiger charge is 2.12. The summed E-state index contributed by atoms with van der Waals surface area (Å²) in [7, 11) is 2.03. The minimum atomic E-state index is 0.0123. The zero-order valence-corrected chi connectivity index (χ0v) is 9.56. The number of aryl methyl sites for hydroxylation is 1. The number of aromatic nitrogens is 1. The highest BCUT2D eigenvalue weighted by Crippen LogP contribution is 2.26. The molecule has 1 aromatic heterocycles. The van der Waals surface area contributed by atoms with E-state index in [9.17, 15) is 0 Å². The Hall–Kier alpha value is -1.32. The third-order valence-corrected chi connectivity index (χ3v) is 3.00. The summed E-state index contributed by atoms with van der Waals surface area (Å²) in [5, 5.41) is 10.0. The zero-order chi connectivity index (χ0) is 11.5. The van der Waals surface area contributed by atoms with Crippen molar-refractivity contribution >= 4 is 10.9 Å². The van der Waals surface area contributed by atoms with E-state index >= 15 is 0 Å². The molecule has 1 unspecified atom stereocenters. The van der Waals surface area contributed by atoms with E-state index in [4.69, 9.17) is 10.8 Å². The van der Waals surface area contributed by atoms with Gasteiger partial charge in [0.05, 0.1) is 0 Å². The Kier molecular flexibility index (Phi) is 3.27. The summed E-state index contributed by atoms with van der Waals surface area (Å²) in [4.78, 5) is 0. The number of rotatable bonds is 4. The Bertz CT molecular complexity index is 476. The molecule has 3 nitrogen and oxygen atoms in total. The normalized spacial score (nSPS) is 13.2. The van der Waals surface area contributed by atoms with Crippen molar-refractivity contribution in [2.45, 2.75) is 18.9 Å². The van der Waals surface area contributed by atoms with E-state index < -0.39 is 0 Å². The van der Waals surface area contributed by atoms with E-state index in [1.165, 1.54) is 16.5 Å². The molecule has 1 aromatic carbocycles.